The van der Waals surface area contributed by atoms with Crippen LogP contribution in [0.3, 0.4) is 0 Å². The van der Waals surface area contributed by atoms with E-state index in [1.54, 1.807) is 28.7 Å². The van der Waals surface area contributed by atoms with Crippen molar-refractivity contribution in [2.45, 2.75) is 13.8 Å². The Morgan fingerprint density at radius 1 is 1.17 bits per heavy atom. The minimum absolute atomic E-state index is 0.136. The van der Waals surface area contributed by atoms with Crippen LogP contribution in [0.25, 0.3) is 5.65 Å². The SMILES string of the molecule is Cc1c(Cl)cccc1N=Nc1c(C(=O)O)nc2cccc(C)n12. The third-order valence-electron chi connectivity index (χ3n) is 3.51. The predicted molar refractivity (Wildman–Crippen MR) is 87.3 cm³/mol. The van der Waals surface area contributed by atoms with Crippen molar-refractivity contribution in [2.75, 3.05) is 0 Å². The second-order valence-electron chi connectivity index (χ2n) is 5.03. The number of fused-ring (bicyclic) bond motifs is 1. The van der Waals surface area contributed by atoms with Crippen LogP contribution in [-0.2, 0) is 0 Å². The summed E-state index contributed by atoms with van der Waals surface area (Å²) in [5.41, 5.74) is 2.55. The van der Waals surface area contributed by atoms with Crippen LogP contribution < -0.4 is 0 Å². The first-order valence-corrected chi connectivity index (χ1v) is 7.25. The Labute approximate surface area is 137 Å². The molecule has 0 atom stereocenters. The Morgan fingerprint density at radius 3 is 2.65 bits per heavy atom. The number of carbonyl (C=O) groups is 1. The summed E-state index contributed by atoms with van der Waals surface area (Å²) in [7, 11) is 0. The maximum atomic E-state index is 11.4. The lowest BCUT2D eigenvalue weighted by Gasteiger charge is -2.02. The van der Waals surface area contributed by atoms with E-state index in [-0.39, 0.29) is 11.5 Å². The van der Waals surface area contributed by atoms with Gasteiger partial charge < -0.3 is 5.11 Å². The molecule has 3 aromatic rings. The van der Waals surface area contributed by atoms with Crippen LogP contribution in [0.4, 0.5) is 11.5 Å². The molecule has 0 aliphatic carbocycles. The van der Waals surface area contributed by atoms with Gasteiger partial charge in [0.25, 0.3) is 0 Å². The Bertz CT molecular complexity index is 947. The number of nitrogens with zero attached hydrogens (tertiary/aromatic N) is 4. The summed E-state index contributed by atoms with van der Waals surface area (Å²) in [6.07, 6.45) is 0. The average Bonchev–Trinajstić information content (AvgIpc) is 2.89. The highest BCUT2D eigenvalue weighted by molar-refractivity contribution is 6.31. The zero-order valence-corrected chi connectivity index (χ0v) is 13.2. The van der Waals surface area contributed by atoms with Crippen molar-refractivity contribution in [1.29, 1.82) is 0 Å². The number of benzene rings is 1. The molecule has 23 heavy (non-hydrogen) atoms. The van der Waals surface area contributed by atoms with Gasteiger partial charge in [-0.3, -0.25) is 4.40 Å². The highest BCUT2D eigenvalue weighted by Gasteiger charge is 2.19. The van der Waals surface area contributed by atoms with Crippen molar-refractivity contribution in [1.82, 2.24) is 9.38 Å². The number of aryl methyl sites for hydroxylation is 1. The van der Waals surface area contributed by atoms with E-state index in [1.807, 2.05) is 26.0 Å². The number of azo groups is 1. The molecule has 116 valence electrons. The van der Waals surface area contributed by atoms with E-state index >= 15 is 0 Å². The molecular formula is C16H13ClN4O2. The molecule has 0 fully saturated rings. The first-order valence-electron chi connectivity index (χ1n) is 6.87. The molecule has 2 aromatic heterocycles. The topological polar surface area (TPSA) is 79.3 Å². The minimum Gasteiger partial charge on any atom is -0.476 e. The number of imidazole rings is 1. The van der Waals surface area contributed by atoms with Crippen molar-refractivity contribution in [2.24, 2.45) is 10.2 Å². The molecule has 0 saturated carbocycles. The summed E-state index contributed by atoms with van der Waals surface area (Å²) in [4.78, 5) is 15.5. The fraction of sp³-hybridized carbons (Fsp3) is 0.125. The number of aromatic nitrogens is 2. The van der Waals surface area contributed by atoms with Gasteiger partial charge in [0.2, 0.25) is 0 Å². The Hall–Kier alpha value is -2.73. The molecule has 0 unspecified atom stereocenters. The summed E-state index contributed by atoms with van der Waals surface area (Å²) in [6.45, 7) is 3.68. The zero-order chi connectivity index (χ0) is 16.6. The van der Waals surface area contributed by atoms with Gasteiger partial charge in [0, 0.05) is 10.7 Å². The van der Waals surface area contributed by atoms with Crippen molar-refractivity contribution in [3.05, 3.63) is 58.4 Å². The number of carboxylic acids is 1. The number of hydrogen-bond donors (Lipinski definition) is 1. The summed E-state index contributed by atoms with van der Waals surface area (Å²) >= 11 is 6.06. The Balaban J connectivity index is 2.19. The van der Waals surface area contributed by atoms with Gasteiger partial charge in [0.05, 0.1) is 5.69 Å². The lowest BCUT2D eigenvalue weighted by molar-refractivity contribution is 0.0692. The molecule has 6 nitrogen and oxygen atoms in total. The van der Waals surface area contributed by atoms with E-state index in [9.17, 15) is 9.90 Å². The van der Waals surface area contributed by atoms with E-state index in [1.165, 1.54) is 0 Å². The average molecular weight is 329 g/mol. The molecule has 0 aliphatic heterocycles. The normalized spacial score (nSPS) is 11.4. The number of carboxylic acid groups (broad SMARTS) is 1. The smallest absolute Gasteiger partial charge is 0.358 e. The molecule has 1 aromatic carbocycles. The van der Waals surface area contributed by atoms with Gasteiger partial charge in [-0.25, -0.2) is 9.78 Å². The second-order valence-corrected chi connectivity index (χ2v) is 5.44. The fourth-order valence-corrected chi connectivity index (χ4v) is 2.45. The number of halogens is 1. The number of aromatic carboxylic acids is 1. The number of hydrogen-bond acceptors (Lipinski definition) is 4. The second kappa shape index (κ2) is 5.81. The summed E-state index contributed by atoms with van der Waals surface area (Å²) in [5, 5.41) is 18.2. The van der Waals surface area contributed by atoms with Crippen molar-refractivity contribution in [3.63, 3.8) is 0 Å². The first kappa shape index (κ1) is 15.2. The van der Waals surface area contributed by atoms with Crippen LogP contribution in [-0.4, -0.2) is 20.5 Å². The number of pyridine rings is 1. The molecule has 0 amide bonds. The van der Waals surface area contributed by atoms with Gasteiger partial charge >= 0.3 is 5.97 Å². The largest absolute Gasteiger partial charge is 0.476 e. The molecule has 2 heterocycles. The molecule has 0 aliphatic rings. The van der Waals surface area contributed by atoms with Crippen LogP contribution in [0.1, 0.15) is 21.7 Å². The third-order valence-corrected chi connectivity index (χ3v) is 3.92. The molecule has 0 saturated heterocycles. The van der Waals surface area contributed by atoms with Gasteiger partial charge in [-0.1, -0.05) is 23.7 Å². The van der Waals surface area contributed by atoms with Crippen LogP contribution >= 0.6 is 11.6 Å². The van der Waals surface area contributed by atoms with E-state index in [0.717, 1.165) is 11.3 Å². The van der Waals surface area contributed by atoms with Crippen LogP contribution in [0, 0.1) is 13.8 Å². The molecular weight excluding hydrogens is 316 g/mol. The summed E-state index contributed by atoms with van der Waals surface area (Å²) in [6, 6.07) is 10.7. The highest BCUT2D eigenvalue weighted by Crippen LogP contribution is 2.29. The van der Waals surface area contributed by atoms with Crippen LogP contribution in [0.2, 0.25) is 5.02 Å². The number of rotatable bonds is 3. The van der Waals surface area contributed by atoms with E-state index < -0.39 is 5.97 Å². The quantitative estimate of drug-likeness (QED) is 0.706. The van der Waals surface area contributed by atoms with Crippen molar-refractivity contribution < 1.29 is 9.90 Å². The molecule has 0 radical (unpaired) electrons. The lowest BCUT2D eigenvalue weighted by atomic mass is 10.2. The first-order chi connectivity index (χ1) is 11.0. The summed E-state index contributed by atoms with van der Waals surface area (Å²) in [5.74, 6) is -0.963. The van der Waals surface area contributed by atoms with Gasteiger partial charge in [0.15, 0.2) is 11.5 Å². The van der Waals surface area contributed by atoms with Crippen molar-refractivity contribution >= 4 is 34.7 Å². The lowest BCUT2D eigenvalue weighted by Crippen LogP contribution is -1.97. The predicted octanol–water partition coefficient (Wildman–Crippen LogP) is 4.72. The molecule has 0 bridgehead atoms. The van der Waals surface area contributed by atoms with E-state index in [0.29, 0.717) is 16.4 Å². The standard InChI is InChI=1S/C16H13ClN4O2/c1-9-5-3-8-13-18-14(16(22)23)15(21(9)13)20-19-12-7-4-6-11(17)10(12)2/h3-8H,1-2H3,(H,22,23). The highest BCUT2D eigenvalue weighted by atomic mass is 35.5. The van der Waals surface area contributed by atoms with E-state index in [2.05, 4.69) is 15.2 Å². The van der Waals surface area contributed by atoms with E-state index in [4.69, 9.17) is 11.6 Å². The molecule has 1 N–H and O–H groups in total. The monoisotopic (exact) mass is 328 g/mol. The third kappa shape index (κ3) is 2.68. The van der Waals surface area contributed by atoms with Crippen LogP contribution in [0.5, 0.6) is 0 Å². The van der Waals surface area contributed by atoms with Gasteiger partial charge in [-0.15, -0.1) is 10.2 Å². The maximum Gasteiger partial charge on any atom is 0.358 e. The summed E-state index contributed by atoms with van der Waals surface area (Å²) < 4.78 is 1.66. The Kier molecular flexibility index (Phi) is 3.83. The van der Waals surface area contributed by atoms with Gasteiger partial charge in [-0.2, -0.15) is 0 Å². The molecule has 0 spiro atoms. The van der Waals surface area contributed by atoms with Crippen molar-refractivity contribution in [3.8, 4) is 0 Å². The minimum atomic E-state index is -1.15. The zero-order valence-electron chi connectivity index (χ0n) is 12.5. The van der Waals surface area contributed by atoms with Crippen LogP contribution in [0.15, 0.2) is 46.6 Å². The molecule has 7 heteroatoms. The Morgan fingerprint density at radius 2 is 1.91 bits per heavy atom. The fourth-order valence-electron chi connectivity index (χ4n) is 2.28. The van der Waals surface area contributed by atoms with Gasteiger partial charge in [-0.05, 0) is 43.7 Å². The van der Waals surface area contributed by atoms with Gasteiger partial charge in [0.1, 0.15) is 5.65 Å². The molecule has 3 rings (SSSR count). The maximum absolute atomic E-state index is 11.4.